The monoisotopic (exact) mass is 187 g/mol. The average Bonchev–Trinajstić information content (AvgIpc) is 2.32. The Kier molecular flexibility index (Phi) is 3.33. The van der Waals surface area contributed by atoms with Crippen LogP contribution in [0, 0.1) is 5.92 Å². The van der Waals surface area contributed by atoms with E-state index < -0.39 is 0 Å². The predicted molar refractivity (Wildman–Crippen MR) is 52.6 cm³/mol. The van der Waals surface area contributed by atoms with E-state index in [1.165, 1.54) is 0 Å². The van der Waals surface area contributed by atoms with Crippen LogP contribution in [0.1, 0.15) is 27.2 Å². The van der Waals surface area contributed by atoms with Crippen LogP contribution in [0.5, 0.6) is 0 Å². The SMILES string of the molecule is COC(C)CC1COC(C)(C)C1N. The highest BCUT2D eigenvalue weighted by molar-refractivity contribution is 4.94. The fraction of sp³-hybridized carbons (Fsp3) is 1.00. The molecule has 0 spiro atoms. The Morgan fingerprint density at radius 1 is 1.62 bits per heavy atom. The fourth-order valence-corrected chi connectivity index (χ4v) is 1.83. The largest absolute Gasteiger partial charge is 0.382 e. The normalized spacial score (nSPS) is 34.8. The molecule has 1 heterocycles. The van der Waals surface area contributed by atoms with Crippen molar-refractivity contribution in [2.24, 2.45) is 11.7 Å². The van der Waals surface area contributed by atoms with Crippen LogP contribution in [0.25, 0.3) is 0 Å². The smallest absolute Gasteiger partial charge is 0.0780 e. The summed E-state index contributed by atoms with van der Waals surface area (Å²) in [4.78, 5) is 0. The molecule has 0 saturated carbocycles. The van der Waals surface area contributed by atoms with E-state index in [2.05, 4.69) is 20.8 Å². The fourth-order valence-electron chi connectivity index (χ4n) is 1.83. The van der Waals surface area contributed by atoms with Crippen LogP contribution in [-0.4, -0.2) is 31.5 Å². The Bertz CT molecular complexity index is 170. The van der Waals surface area contributed by atoms with Crippen LogP contribution in [0.2, 0.25) is 0 Å². The van der Waals surface area contributed by atoms with Crippen LogP contribution >= 0.6 is 0 Å². The van der Waals surface area contributed by atoms with Gasteiger partial charge >= 0.3 is 0 Å². The minimum Gasteiger partial charge on any atom is -0.382 e. The van der Waals surface area contributed by atoms with Crippen molar-refractivity contribution in [3.05, 3.63) is 0 Å². The van der Waals surface area contributed by atoms with E-state index in [0.717, 1.165) is 13.0 Å². The van der Waals surface area contributed by atoms with Crippen LogP contribution in [-0.2, 0) is 9.47 Å². The maximum atomic E-state index is 6.08. The Hall–Kier alpha value is -0.120. The zero-order valence-corrected chi connectivity index (χ0v) is 9.04. The molecule has 1 rings (SSSR count). The van der Waals surface area contributed by atoms with Crippen molar-refractivity contribution in [2.75, 3.05) is 13.7 Å². The summed E-state index contributed by atoms with van der Waals surface area (Å²) in [6.45, 7) is 6.93. The van der Waals surface area contributed by atoms with E-state index >= 15 is 0 Å². The topological polar surface area (TPSA) is 44.5 Å². The lowest BCUT2D eigenvalue weighted by Gasteiger charge is -2.25. The van der Waals surface area contributed by atoms with Crippen LogP contribution < -0.4 is 5.73 Å². The number of hydrogen-bond acceptors (Lipinski definition) is 3. The Balaban J connectivity index is 2.46. The lowest BCUT2D eigenvalue weighted by atomic mass is 9.88. The molecule has 3 unspecified atom stereocenters. The molecule has 0 aliphatic carbocycles. The summed E-state index contributed by atoms with van der Waals surface area (Å²) in [5.74, 6) is 0.435. The van der Waals surface area contributed by atoms with Gasteiger partial charge in [-0.1, -0.05) is 0 Å². The van der Waals surface area contributed by atoms with E-state index in [9.17, 15) is 0 Å². The second-order valence-electron chi connectivity index (χ2n) is 4.48. The van der Waals surface area contributed by atoms with Crippen molar-refractivity contribution in [3.63, 3.8) is 0 Å². The highest BCUT2D eigenvalue weighted by Crippen LogP contribution is 2.31. The Morgan fingerprint density at radius 2 is 2.23 bits per heavy atom. The molecule has 1 aliphatic heterocycles. The van der Waals surface area contributed by atoms with Gasteiger partial charge < -0.3 is 15.2 Å². The molecule has 78 valence electrons. The lowest BCUT2D eigenvalue weighted by molar-refractivity contribution is 0.0266. The van der Waals surface area contributed by atoms with E-state index in [4.69, 9.17) is 15.2 Å². The first-order valence-corrected chi connectivity index (χ1v) is 4.89. The van der Waals surface area contributed by atoms with E-state index in [-0.39, 0.29) is 17.7 Å². The molecule has 3 nitrogen and oxygen atoms in total. The van der Waals surface area contributed by atoms with Gasteiger partial charge in [0.2, 0.25) is 0 Å². The second kappa shape index (κ2) is 3.95. The van der Waals surface area contributed by atoms with Gasteiger partial charge in [0.25, 0.3) is 0 Å². The van der Waals surface area contributed by atoms with Crippen molar-refractivity contribution < 1.29 is 9.47 Å². The molecule has 0 bridgehead atoms. The van der Waals surface area contributed by atoms with Gasteiger partial charge in [-0.15, -0.1) is 0 Å². The van der Waals surface area contributed by atoms with Gasteiger partial charge in [0.05, 0.1) is 18.3 Å². The van der Waals surface area contributed by atoms with Crippen LogP contribution in [0.4, 0.5) is 0 Å². The molecule has 1 saturated heterocycles. The molecular weight excluding hydrogens is 166 g/mol. The first kappa shape index (κ1) is 11.0. The number of ether oxygens (including phenoxy) is 2. The van der Waals surface area contributed by atoms with Crippen molar-refractivity contribution in [1.82, 2.24) is 0 Å². The first-order chi connectivity index (χ1) is 5.97. The van der Waals surface area contributed by atoms with Crippen molar-refractivity contribution in [3.8, 4) is 0 Å². The van der Waals surface area contributed by atoms with Crippen LogP contribution in [0.15, 0.2) is 0 Å². The van der Waals surface area contributed by atoms with Gasteiger partial charge in [0.1, 0.15) is 0 Å². The molecule has 0 amide bonds. The minimum absolute atomic E-state index is 0.130. The zero-order chi connectivity index (χ0) is 10.1. The lowest BCUT2D eigenvalue weighted by Crippen LogP contribution is -2.43. The van der Waals surface area contributed by atoms with Crippen molar-refractivity contribution in [2.45, 2.75) is 44.9 Å². The minimum atomic E-state index is -0.169. The standard InChI is InChI=1S/C10H21NO2/c1-7(12-4)5-8-6-13-10(2,3)9(8)11/h7-9H,5-6,11H2,1-4H3. The molecule has 3 atom stereocenters. The molecule has 0 radical (unpaired) electrons. The maximum Gasteiger partial charge on any atom is 0.0780 e. The molecule has 1 fully saturated rings. The third-order valence-corrected chi connectivity index (χ3v) is 3.02. The van der Waals surface area contributed by atoms with Crippen LogP contribution in [0.3, 0.4) is 0 Å². The summed E-state index contributed by atoms with van der Waals surface area (Å²) in [6, 6.07) is 0.130. The van der Waals surface area contributed by atoms with E-state index in [1.807, 2.05) is 0 Å². The third-order valence-electron chi connectivity index (χ3n) is 3.02. The van der Waals surface area contributed by atoms with Crippen molar-refractivity contribution >= 4 is 0 Å². The highest BCUT2D eigenvalue weighted by atomic mass is 16.5. The third kappa shape index (κ3) is 2.42. The second-order valence-corrected chi connectivity index (χ2v) is 4.48. The average molecular weight is 187 g/mol. The Labute approximate surface area is 80.6 Å². The van der Waals surface area contributed by atoms with E-state index in [0.29, 0.717) is 5.92 Å². The maximum absolute atomic E-state index is 6.08. The molecule has 0 aromatic rings. The van der Waals surface area contributed by atoms with Gasteiger partial charge in [0, 0.05) is 19.1 Å². The Morgan fingerprint density at radius 3 is 2.62 bits per heavy atom. The molecule has 3 heteroatoms. The molecule has 13 heavy (non-hydrogen) atoms. The number of rotatable bonds is 3. The summed E-state index contributed by atoms with van der Waals surface area (Å²) in [5, 5.41) is 0. The summed E-state index contributed by atoms with van der Waals surface area (Å²) in [7, 11) is 1.73. The van der Waals surface area contributed by atoms with Gasteiger partial charge in [-0.2, -0.15) is 0 Å². The highest BCUT2D eigenvalue weighted by Gasteiger charge is 2.40. The summed E-state index contributed by atoms with van der Waals surface area (Å²) in [5.41, 5.74) is 5.91. The van der Waals surface area contributed by atoms with Gasteiger partial charge in [0.15, 0.2) is 0 Å². The number of nitrogens with two attached hydrogens (primary N) is 1. The predicted octanol–water partition coefficient (Wildman–Crippen LogP) is 1.16. The van der Waals surface area contributed by atoms with Gasteiger partial charge in [-0.3, -0.25) is 0 Å². The zero-order valence-electron chi connectivity index (χ0n) is 9.04. The molecular formula is C10H21NO2. The molecule has 0 aromatic heterocycles. The molecule has 2 N–H and O–H groups in total. The van der Waals surface area contributed by atoms with Crippen molar-refractivity contribution in [1.29, 1.82) is 0 Å². The van der Waals surface area contributed by atoms with Gasteiger partial charge in [-0.05, 0) is 27.2 Å². The molecule has 0 aromatic carbocycles. The quantitative estimate of drug-likeness (QED) is 0.721. The van der Waals surface area contributed by atoms with Gasteiger partial charge in [-0.25, -0.2) is 0 Å². The number of methoxy groups -OCH3 is 1. The summed E-state index contributed by atoms with van der Waals surface area (Å²) >= 11 is 0. The summed E-state index contributed by atoms with van der Waals surface area (Å²) < 4.78 is 10.8. The molecule has 1 aliphatic rings. The summed E-state index contributed by atoms with van der Waals surface area (Å²) in [6.07, 6.45) is 1.26. The van der Waals surface area contributed by atoms with E-state index in [1.54, 1.807) is 7.11 Å². The number of hydrogen-bond donors (Lipinski definition) is 1. The first-order valence-electron chi connectivity index (χ1n) is 4.89.